The van der Waals surface area contributed by atoms with Gasteiger partial charge in [-0.3, -0.25) is 0 Å². The molecule has 0 N–H and O–H groups in total. The minimum Gasteiger partial charge on any atom is -0.366 e. The van der Waals surface area contributed by atoms with Crippen molar-refractivity contribution in [1.29, 1.82) is 0 Å². The molecular formula is C11H13Cl2N3. The second kappa shape index (κ2) is 4.04. The molecule has 0 spiro atoms. The second-order valence-corrected chi connectivity index (χ2v) is 5.42. The molecule has 5 heteroatoms. The maximum absolute atomic E-state index is 6.09. The lowest BCUT2D eigenvalue weighted by atomic mass is 10.3. The van der Waals surface area contributed by atoms with E-state index in [-0.39, 0.29) is 0 Å². The molecule has 3 nitrogen and oxygen atoms in total. The first-order chi connectivity index (χ1) is 7.74. The number of halogens is 2. The number of nitrogens with zero attached hydrogens (tertiary/aromatic N) is 3. The fraction of sp³-hybridized carbons (Fsp3) is 0.636. The standard InChI is InChI=1S/C11H13Cl2N3/c12-10-5-9(11(13)15-14-10)16(8-3-4-8)6-7-1-2-7/h5,7-8H,1-4,6H2. The molecule has 2 aliphatic carbocycles. The van der Waals surface area contributed by atoms with Crippen molar-refractivity contribution in [3.05, 3.63) is 16.4 Å². The quantitative estimate of drug-likeness (QED) is 0.830. The molecule has 1 aromatic rings. The van der Waals surface area contributed by atoms with Crippen LogP contribution in [0.15, 0.2) is 6.07 Å². The monoisotopic (exact) mass is 257 g/mol. The molecule has 0 aromatic carbocycles. The highest BCUT2D eigenvalue weighted by atomic mass is 35.5. The van der Waals surface area contributed by atoms with Gasteiger partial charge in [-0.1, -0.05) is 23.2 Å². The van der Waals surface area contributed by atoms with Crippen LogP contribution >= 0.6 is 23.2 Å². The van der Waals surface area contributed by atoms with Crippen LogP contribution in [0.2, 0.25) is 10.3 Å². The van der Waals surface area contributed by atoms with Gasteiger partial charge in [-0.05, 0) is 31.6 Å². The molecule has 16 heavy (non-hydrogen) atoms. The van der Waals surface area contributed by atoms with Gasteiger partial charge in [-0.25, -0.2) is 0 Å². The first-order valence-electron chi connectivity index (χ1n) is 5.69. The summed E-state index contributed by atoms with van der Waals surface area (Å²) in [6.45, 7) is 1.09. The molecule has 0 unspecified atom stereocenters. The molecule has 0 bridgehead atoms. The largest absolute Gasteiger partial charge is 0.366 e. The summed E-state index contributed by atoms with van der Waals surface area (Å²) in [4.78, 5) is 2.36. The number of anilines is 1. The maximum atomic E-state index is 6.09. The Labute approximate surface area is 105 Å². The SMILES string of the molecule is Clc1cc(N(CC2CC2)C2CC2)c(Cl)nn1. The Kier molecular flexibility index (Phi) is 2.68. The highest BCUT2D eigenvalue weighted by molar-refractivity contribution is 6.33. The lowest BCUT2D eigenvalue weighted by molar-refractivity contribution is 0.715. The zero-order valence-electron chi connectivity index (χ0n) is 8.87. The molecular weight excluding hydrogens is 245 g/mol. The van der Waals surface area contributed by atoms with E-state index in [1.165, 1.54) is 25.7 Å². The van der Waals surface area contributed by atoms with Crippen LogP contribution in [0.25, 0.3) is 0 Å². The third-order valence-electron chi connectivity index (χ3n) is 3.15. The van der Waals surface area contributed by atoms with Crippen LogP contribution < -0.4 is 4.90 Å². The van der Waals surface area contributed by atoms with Crippen molar-refractivity contribution in [2.24, 2.45) is 5.92 Å². The van der Waals surface area contributed by atoms with Crippen LogP contribution in [0, 0.1) is 5.92 Å². The number of hydrogen-bond acceptors (Lipinski definition) is 3. The van der Waals surface area contributed by atoms with Crippen LogP contribution in [0.4, 0.5) is 5.69 Å². The van der Waals surface area contributed by atoms with E-state index < -0.39 is 0 Å². The summed E-state index contributed by atoms with van der Waals surface area (Å²) in [5, 5.41) is 8.52. The number of aromatic nitrogens is 2. The predicted octanol–water partition coefficient (Wildman–Crippen LogP) is 3.16. The minimum absolute atomic E-state index is 0.417. The molecule has 0 aliphatic heterocycles. The van der Waals surface area contributed by atoms with Crippen LogP contribution in [-0.4, -0.2) is 22.8 Å². The first kappa shape index (κ1) is 10.6. The molecule has 0 atom stereocenters. The Bertz CT molecular complexity index is 402. The number of hydrogen-bond donors (Lipinski definition) is 0. The van der Waals surface area contributed by atoms with E-state index >= 15 is 0 Å². The van der Waals surface area contributed by atoms with Gasteiger partial charge in [0.15, 0.2) is 10.3 Å². The van der Waals surface area contributed by atoms with Gasteiger partial charge in [0.2, 0.25) is 0 Å². The van der Waals surface area contributed by atoms with Crippen molar-refractivity contribution in [3.63, 3.8) is 0 Å². The summed E-state index contributed by atoms with van der Waals surface area (Å²) in [6.07, 6.45) is 5.19. The van der Waals surface area contributed by atoms with Gasteiger partial charge in [0.05, 0.1) is 5.69 Å². The van der Waals surface area contributed by atoms with Crippen molar-refractivity contribution in [2.45, 2.75) is 31.7 Å². The van der Waals surface area contributed by atoms with E-state index in [2.05, 4.69) is 15.1 Å². The summed E-state index contributed by atoms with van der Waals surface area (Å²) >= 11 is 12.0. The second-order valence-electron chi connectivity index (χ2n) is 4.67. The smallest absolute Gasteiger partial charge is 0.175 e. The summed E-state index contributed by atoms with van der Waals surface area (Å²) in [7, 11) is 0. The van der Waals surface area contributed by atoms with Gasteiger partial charge < -0.3 is 4.90 Å². The van der Waals surface area contributed by atoms with Crippen molar-refractivity contribution >= 4 is 28.9 Å². The van der Waals surface area contributed by atoms with Gasteiger partial charge in [0.1, 0.15) is 0 Å². The van der Waals surface area contributed by atoms with Gasteiger partial charge in [-0.15, -0.1) is 10.2 Å². The van der Waals surface area contributed by atoms with E-state index in [4.69, 9.17) is 23.2 Å². The summed E-state index contributed by atoms with van der Waals surface area (Å²) in [6, 6.07) is 2.47. The highest BCUT2D eigenvalue weighted by Gasteiger charge is 2.35. The van der Waals surface area contributed by atoms with E-state index in [1.807, 2.05) is 6.07 Å². The molecule has 0 amide bonds. The summed E-state index contributed by atoms with van der Waals surface area (Å²) in [5.41, 5.74) is 0.955. The Morgan fingerprint density at radius 1 is 1.19 bits per heavy atom. The molecule has 86 valence electrons. The minimum atomic E-state index is 0.417. The van der Waals surface area contributed by atoms with Crippen molar-refractivity contribution in [2.75, 3.05) is 11.4 Å². The molecule has 2 fully saturated rings. The lowest BCUT2D eigenvalue weighted by Gasteiger charge is -2.24. The average molecular weight is 258 g/mol. The maximum Gasteiger partial charge on any atom is 0.175 e. The van der Waals surface area contributed by atoms with E-state index in [0.29, 0.717) is 16.3 Å². The normalized spacial score (nSPS) is 19.9. The Morgan fingerprint density at radius 3 is 2.56 bits per heavy atom. The average Bonchev–Trinajstić information content (AvgIpc) is 3.12. The van der Waals surface area contributed by atoms with E-state index in [9.17, 15) is 0 Å². The van der Waals surface area contributed by atoms with Gasteiger partial charge in [0.25, 0.3) is 0 Å². The highest BCUT2D eigenvalue weighted by Crippen LogP contribution is 2.39. The number of rotatable bonds is 4. The van der Waals surface area contributed by atoms with Crippen LogP contribution in [0.3, 0.4) is 0 Å². The lowest BCUT2D eigenvalue weighted by Crippen LogP contribution is -2.28. The van der Waals surface area contributed by atoms with E-state index in [0.717, 1.165) is 18.2 Å². The van der Waals surface area contributed by atoms with Crippen molar-refractivity contribution in [3.8, 4) is 0 Å². The molecule has 0 radical (unpaired) electrons. The molecule has 2 aliphatic rings. The molecule has 0 saturated heterocycles. The van der Waals surface area contributed by atoms with Crippen LogP contribution in [0.1, 0.15) is 25.7 Å². The third-order valence-corrected chi connectivity index (χ3v) is 3.60. The topological polar surface area (TPSA) is 29.0 Å². The van der Waals surface area contributed by atoms with Crippen LogP contribution in [0.5, 0.6) is 0 Å². The predicted molar refractivity (Wildman–Crippen MR) is 65.1 cm³/mol. The first-order valence-corrected chi connectivity index (χ1v) is 6.45. The van der Waals surface area contributed by atoms with Gasteiger partial charge >= 0.3 is 0 Å². The Morgan fingerprint density at radius 2 is 1.94 bits per heavy atom. The fourth-order valence-corrected chi connectivity index (χ4v) is 2.30. The van der Waals surface area contributed by atoms with Crippen molar-refractivity contribution < 1.29 is 0 Å². The molecule has 3 rings (SSSR count). The molecule has 1 aromatic heterocycles. The third kappa shape index (κ3) is 2.25. The molecule has 1 heterocycles. The zero-order chi connectivity index (χ0) is 11.1. The summed E-state index contributed by atoms with van der Waals surface area (Å²) < 4.78 is 0. The molecule has 2 saturated carbocycles. The van der Waals surface area contributed by atoms with Crippen molar-refractivity contribution in [1.82, 2.24) is 10.2 Å². The Hall–Kier alpha value is -0.540. The summed E-state index contributed by atoms with van der Waals surface area (Å²) in [5.74, 6) is 0.837. The fourth-order valence-electron chi connectivity index (χ4n) is 1.95. The zero-order valence-corrected chi connectivity index (χ0v) is 10.4. The van der Waals surface area contributed by atoms with E-state index in [1.54, 1.807) is 0 Å². The van der Waals surface area contributed by atoms with Gasteiger partial charge in [-0.2, -0.15) is 0 Å². The van der Waals surface area contributed by atoms with Gasteiger partial charge in [0, 0.05) is 18.7 Å². The van der Waals surface area contributed by atoms with Crippen LogP contribution in [-0.2, 0) is 0 Å². The Balaban J connectivity index is 1.87.